The summed E-state index contributed by atoms with van der Waals surface area (Å²) in [5.74, 6) is 0.841. The molecule has 0 bridgehead atoms. The maximum Gasteiger partial charge on any atom is 0.179 e. The molecule has 10 rings (SSSR count). The van der Waals surface area contributed by atoms with E-state index in [0.29, 0.717) is 0 Å². The van der Waals surface area contributed by atoms with E-state index in [9.17, 15) is 0 Å². The highest BCUT2D eigenvalue weighted by Gasteiger charge is 2.43. The molecule has 0 aliphatic carbocycles. The molecule has 59 heavy (non-hydrogen) atoms. The van der Waals surface area contributed by atoms with Crippen LogP contribution in [0, 0.1) is 0 Å². The lowest BCUT2D eigenvalue weighted by molar-refractivity contribution is 0.415. The standard InChI is InChI=1S/C55H43NOSi2/c1-57-43-34-32-42(33-35-43)56-54-38-36-50(58(44-20-8-2-9-21-44,45-22-10-3-11-23-45)46-24-12-4-13-25-46)40-52(54)53-41-51(37-39-55(53)56)59(47-26-14-5-15-27-47,48-28-16-6-17-29-48)49-30-18-7-19-31-49/h2-41H,1H3. The molecule has 0 saturated heterocycles. The quantitative estimate of drug-likeness (QED) is 0.103. The van der Waals surface area contributed by atoms with E-state index in [2.05, 4.69) is 247 Å². The van der Waals surface area contributed by atoms with Crippen LogP contribution in [-0.4, -0.2) is 27.8 Å². The van der Waals surface area contributed by atoms with E-state index in [1.54, 1.807) is 7.11 Å². The number of ether oxygens (including phenoxy) is 1. The third-order valence-corrected chi connectivity index (χ3v) is 21.8. The van der Waals surface area contributed by atoms with Crippen LogP contribution < -0.4 is 46.2 Å². The molecule has 0 amide bonds. The van der Waals surface area contributed by atoms with Crippen molar-refractivity contribution in [3.8, 4) is 11.4 Å². The molecule has 0 unspecified atom stereocenters. The van der Waals surface area contributed by atoms with Gasteiger partial charge in [-0.3, -0.25) is 0 Å². The summed E-state index contributed by atoms with van der Waals surface area (Å²) in [7, 11) is -3.90. The van der Waals surface area contributed by atoms with Gasteiger partial charge in [0.05, 0.1) is 18.1 Å². The van der Waals surface area contributed by atoms with Gasteiger partial charge in [-0.2, -0.15) is 0 Å². The van der Waals surface area contributed by atoms with E-state index in [1.165, 1.54) is 63.3 Å². The van der Waals surface area contributed by atoms with Gasteiger partial charge in [-0.1, -0.05) is 206 Å². The Morgan fingerprint density at radius 1 is 0.305 bits per heavy atom. The van der Waals surface area contributed by atoms with Crippen molar-refractivity contribution in [2.75, 3.05) is 7.11 Å². The fourth-order valence-electron chi connectivity index (χ4n) is 9.63. The van der Waals surface area contributed by atoms with Gasteiger partial charge >= 0.3 is 0 Å². The van der Waals surface area contributed by atoms with Crippen molar-refractivity contribution in [1.82, 2.24) is 4.57 Å². The summed E-state index contributed by atoms with van der Waals surface area (Å²) in [6.45, 7) is 0. The van der Waals surface area contributed by atoms with Crippen LogP contribution in [0.2, 0.25) is 0 Å². The molecule has 0 saturated carbocycles. The molecule has 282 valence electrons. The predicted molar refractivity (Wildman–Crippen MR) is 255 cm³/mol. The highest BCUT2D eigenvalue weighted by Crippen LogP contribution is 2.33. The number of nitrogens with zero attached hydrogens (tertiary/aromatic N) is 1. The fourth-order valence-corrected chi connectivity index (χ4v) is 19.2. The van der Waals surface area contributed by atoms with E-state index in [-0.39, 0.29) is 0 Å². The highest BCUT2D eigenvalue weighted by molar-refractivity contribution is 7.20. The second-order valence-electron chi connectivity index (χ2n) is 15.2. The Labute approximate surface area is 348 Å². The SMILES string of the molecule is COc1ccc(-n2c3ccc([Si](c4ccccc4)(c4ccccc4)c4ccccc4)cc3c3cc([Si](c4ccccc4)(c4ccccc4)c4ccccc4)ccc32)cc1. The maximum absolute atomic E-state index is 5.62. The van der Waals surface area contributed by atoms with E-state index < -0.39 is 16.1 Å². The van der Waals surface area contributed by atoms with Crippen LogP contribution in [0.3, 0.4) is 0 Å². The van der Waals surface area contributed by atoms with Gasteiger partial charge in [0.25, 0.3) is 0 Å². The summed E-state index contributed by atoms with van der Waals surface area (Å²) in [5.41, 5.74) is 3.45. The first kappa shape index (κ1) is 36.4. The van der Waals surface area contributed by atoms with Crippen LogP contribution in [0.1, 0.15) is 0 Å². The molecular weight excluding hydrogens is 747 g/mol. The van der Waals surface area contributed by atoms with Crippen LogP contribution in [0.25, 0.3) is 27.5 Å². The minimum atomic E-state index is -2.81. The summed E-state index contributed by atoms with van der Waals surface area (Å²) in [6.07, 6.45) is 0. The Kier molecular flexibility index (Phi) is 9.49. The molecule has 1 aromatic heterocycles. The number of fused-ring (bicyclic) bond motifs is 3. The summed E-state index contributed by atoms with van der Waals surface area (Å²) < 4.78 is 8.06. The van der Waals surface area contributed by atoms with E-state index in [1.807, 2.05) is 0 Å². The van der Waals surface area contributed by atoms with Gasteiger partial charge in [0.2, 0.25) is 0 Å². The monoisotopic (exact) mass is 789 g/mol. The average molecular weight is 790 g/mol. The van der Waals surface area contributed by atoms with Crippen LogP contribution in [0.15, 0.2) is 243 Å². The lowest BCUT2D eigenvalue weighted by Crippen LogP contribution is -2.74. The first-order chi connectivity index (χ1) is 29.2. The largest absolute Gasteiger partial charge is 0.497 e. The van der Waals surface area contributed by atoms with Crippen molar-refractivity contribution >= 4 is 79.4 Å². The molecule has 0 radical (unpaired) electrons. The number of benzene rings is 9. The Bertz CT molecular complexity index is 2610. The maximum atomic E-state index is 5.62. The summed E-state index contributed by atoms with van der Waals surface area (Å²) >= 11 is 0. The molecule has 0 aliphatic rings. The first-order valence-corrected chi connectivity index (χ1v) is 24.3. The number of rotatable bonds is 10. The Balaban J connectivity index is 1.34. The predicted octanol–water partition coefficient (Wildman–Crippen LogP) is 7.55. The zero-order valence-corrected chi connectivity index (χ0v) is 34.9. The Hall–Kier alpha value is -6.99. The van der Waals surface area contributed by atoms with Gasteiger partial charge in [-0.15, -0.1) is 0 Å². The van der Waals surface area contributed by atoms with Crippen LogP contribution in [0.5, 0.6) is 5.75 Å². The van der Waals surface area contributed by atoms with Crippen molar-refractivity contribution < 1.29 is 4.74 Å². The van der Waals surface area contributed by atoms with Crippen molar-refractivity contribution in [1.29, 1.82) is 0 Å². The zero-order valence-electron chi connectivity index (χ0n) is 32.9. The summed E-state index contributed by atoms with van der Waals surface area (Å²) in [6, 6.07) is 90.4. The molecule has 0 N–H and O–H groups in total. The Morgan fingerprint density at radius 3 is 0.864 bits per heavy atom. The summed E-state index contributed by atoms with van der Waals surface area (Å²) in [4.78, 5) is 0. The topological polar surface area (TPSA) is 14.2 Å². The normalized spacial score (nSPS) is 11.8. The smallest absolute Gasteiger partial charge is 0.179 e. The van der Waals surface area contributed by atoms with Crippen molar-refractivity contribution in [3.63, 3.8) is 0 Å². The van der Waals surface area contributed by atoms with E-state index in [4.69, 9.17) is 4.74 Å². The molecule has 0 atom stereocenters. The zero-order chi connectivity index (χ0) is 39.7. The minimum absolute atomic E-state index is 0.841. The lowest BCUT2D eigenvalue weighted by Gasteiger charge is -2.34. The summed E-state index contributed by atoms with van der Waals surface area (Å²) in [5, 5.41) is 13.4. The first-order valence-electron chi connectivity index (χ1n) is 20.3. The molecule has 0 fully saturated rings. The highest BCUT2D eigenvalue weighted by atomic mass is 28.3. The molecular formula is C55H43NOSi2. The molecule has 10 aromatic rings. The molecule has 1 heterocycles. The van der Waals surface area contributed by atoms with E-state index >= 15 is 0 Å². The van der Waals surface area contributed by atoms with Crippen molar-refractivity contribution in [3.05, 3.63) is 243 Å². The Morgan fingerprint density at radius 2 is 0.593 bits per heavy atom. The molecule has 0 spiro atoms. The van der Waals surface area contributed by atoms with Gasteiger partial charge in [-0.25, -0.2) is 0 Å². The second-order valence-corrected chi connectivity index (χ2v) is 22.8. The van der Waals surface area contributed by atoms with Crippen LogP contribution >= 0.6 is 0 Å². The number of aromatic nitrogens is 1. The third-order valence-electron chi connectivity index (χ3n) is 12.2. The molecule has 2 nitrogen and oxygen atoms in total. The van der Waals surface area contributed by atoms with Gasteiger partial charge in [0.1, 0.15) is 5.75 Å². The van der Waals surface area contributed by atoms with Gasteiger partial charge in [-0.05, 0) is 77.9 Å². The average Bonchev–Trinajstić information content (AvgIpc) is 3.65. The van der Waals surface area contributed by atoms with E-state index in [0.717, 1.165) is 11.4 Å². The van der Waals surface area contributed by atoms with Gasteiger partial charge in [0.15, 0.2) is 16.1 Å². The third kappa shape index (κ3) is 5.99. The number of methoxy groups -OCH3 is 1. The number of hydrogen-bond acceptors (Lipinski definition) is 1. The lowest BCUT2D eigenvalue weighted by atomic mass is 10.1. The van der Waals surface area contributed by atoms with Gasteiger partial charge < -0.3 is 9.30 Å². The molecule has 9 aromatic carbocycles. The minimum Gasteiger partial charge on any atom is -0.497 e. The van der Waals surface area contributed by atoms with Crippen LogP contribution in [0.4, 0.5) is 0 Å². The van der Waals surface area contributed by atoms with Gasteiger partial charge in [0, 0.05) is 16.5 Å². The van der Waals surface area contributed by atoms with Crippen molar-refractivity contribution in [2.45, 2.75) is 0 Å². The number of hydrogen-bond donors (Lipinski definition) is 0. The molecule has 0 aliphatic heterocycles. The second kappa shape index (κ2) is 15.4. The fraction of sp³-hybridized carbons (Fsp3) is 0.0182. The van der Waals surface area contributed by atoms with Crippen molar-refractivity contribution in [2.24, 2.45) is 0 Å². The molecule has 4 heteroatoms. The van der Waals surface area contributed by atoms with Crippen LogP contribution in [-0.2, 0) is 0 Å².